The van der Waals surface area contributed by atoms with E-state index < -0.39 is 22.8 Å². The molecule has 0 aromatic heterocycles. The van der Waals surface area contributed by atoms with Crippen LogP contribution in [0.15, 0.2) is 0 Å². The largest absolute Gasteiger partial charge is 0.361 e. The van der Waals surface area contributed by atoms with Crippen molar-refractivity contribution in [1.82, 2.24) is 0 Å². The molecule has 0 saturated heterocycles. The summed E-state index contributed by atoms with van der Waals surface area (Å²) in [6.45, 7) is 16.5. The second-order valence-corrected chi connectivity index (χ2v) is 13.3. The Hall–Kier alpha value is -0.330. The second kappa shape index (κ2) is 13.8. The molecule has 1 aromatic rings. The molecule has 0 aliphatic heterocycles. The smallest absolute Gasteiger partial charge is 0.309 e. The van der Waals surface area contributed by atoms with Gasteiger partial charge in [-0.2, -0.15) is 0 Å². The molecule has 0 unspecified atom stereocenters. The third-order valence-electron chi connectivity index (χ3n) is 5.07. The molecule has 1 aromatic carbocycles. The van der Waals surface area contributed by atoms with Gasteiger partial charge in [0.25, 0.3) is 0 Å². The van der Waals surface area contributed by atoms with Crippen LogP contribution >= 0.6 is 22.8 Å². The molecule has 0 heterocycles. The summed E-state index contributed by atoms with van der Waals surface area (Å²) in [5, 5.41) is 0.539. The minimum atomic E-state index is -3.83. The molecular formula is C22H41O9P3. The standard InChI is InChI=1S/C22H41O9P3/c1-10-26-32(23,27-11-2)16-20-17(7)21(33(24,28-12-3)29-13-4)19(9)22(18(20)8)34(25,30-14-5)31-15-6/h10-16H2,1-9H3. The van der Waals surface area contributed by atoms with E-state index in [1.165, 1.54) is 0 Å². The van der Waals surface area contributed by atoms with Crippen LogP contribution in [0.4, 0.5) is 0 Å². The van der Waals surface area contributed by atoms with Crippen LogP contribution in [0, 0.1) is 20.8 Å². The van der Waals surface area contributed by atoms with Crippen LogP contribution in [0.3, 0.4) is 0 Å². The topological polar surface area (TPSA) is 107 Å². The number of benzene rings is 1. The molecule has 12 heteroatoms. The summed E-state index contributed by atoms with van der Waals surface area (Å²) in [4.78, 5) is 0. The summed E-state index contributed by atoms with van der Waals surface area (Å²) in [5.74, 6) is 0. The summed E-state index contributed by atoms with van der Waals surface area (Å²) in [6, 6.07) is 0. The van der Waals surface area contributed by atoms with E-state index in [4.69, 9.17) is 27.1 Å². The van der Waals surface area contributed by atoms with Crippen molar-refractivity contribution in [3.8, 4) is 0 Å². The van der Waals surface area contributed by atoms with Gasteiger partial charge in [0.1, 0.15) is 0 Å². The van der Waals surface area contributed by atoms with E-state index in [1.54, 1.807) is 62.3 Å². The van der Waals surface area contributed by atoms with E-state index in [-0.39, 0.29) is 56.4 Å². The molecule has 0 aliphatic carbocycles. The highest BCUT2D eigenvalue weighted by molar-refractivity contribution is 7.64. The first-order valence-corrected chi connectivity index (χ1v) is 16.5. The summed E-state index contributed by atoms with van der Waals surface area (Å²) in [6.07, 6.45) is -0.108. The van der Waals surface area contributed by atoms with Gasteiger partial charge < -0.3 is 27.1 Å². The summed E-state index contributed by atoms with van der Waals surface area (Å²) < 4.78 is 75.1. The van der Waals surface area contributed by atoms with Gasteiger partial charge in [-0.05, 0) is 84.6 Å². The Morgan fingerprint density at radius 1 is 0.500 bits per heavy atom. The van der Waals surface area contributed by atoms with E-state index in [0.29, 0.717) is 22.3 Å². The third-order valence-corrected chi connectivity index (χ3v) is 11.9. The molecule has 0 amide bonds. The van der Waals surface area contributed by atoms with E-state index >= 15 is 0 Å². The molecule has 0 bridgehead atoms. The van der Waals surface area contributed by atoms with Crippen LogP contribution in [0.25, 0.3) is 0 Å². The van der Waals surface area contributed by atoms with Crippen LogP contribution in [0.2, 0.25) is 0 Å². The van der Waals surface area contributed by atoms with E-state index in [9.17, 15) is 13.7 Å². The summed E-state index contributed by atoms with van der Waals surface area (Å²) in [5.41, 5.74) is 2.09. The maximum Gasteiger partial charge on any atom is 0.361 e. The number of rotatable bonds is 16. The molecule has 0 atom stereocenters. The second-order valence-electron chi connectivity index (χ2n) is 7.32. The molecule has 0 radical (unpaired) electrons. The van der Waals surface area contributed by atoms with Crippen LogP contribution in [0.1, 0.15) is 63.8 Å². The van der Waals surface area contributed by atoms with Crippen LogP contribution in [-0.2, 0) is 47.0 Å². The highest BCUT2D eigenvalue weighted by Gasteiger charge is 2.41. The van der Waals surface area contributed by atoms with Gasteiger partial charge in [-0.3, -0.25) is 13.7 Å². The van der Waals surface area contributed by atoms with Gasteiger partial charge in [-0.1, -0.05) is 0 Å². The quantitative estimate of drug-likeness (QED) is 0.227. The molecule has 0 fully saturated rings. The Bertz CT molecular complexity index is 874. The Balaban J connectivity index is 4.14. The fourth-order valence-corrected chi connectivity index (χ4v) is 10.2. The maximum absolute atomic E-state index is 14.0. The van der Waals surface area contributed by atoms with Crippen molar-refractivity contribution in [2.24, 2.45) is 0 Å². The highest BCUT2D eigenvalue weighted by atomic mass is 31.2. The molecule has 9 nitrogen and oxygen atoms in total. The zero-order chi connectivity index (χ0) is 26.2. The summed E-state index contributed by atoms with van der Waals surface area (Å²) in [7, 11) is -11.2. The van der Waals surface area contributed by atoms with E-state index in [0.717, 1.165) is 0 Å². The van der Waals surface area contributed by atoms with Gasteiger partial charge in [0.15, 0.2) is 0 Å². The van der Waals surface area contributed by atoms with Crippen molar-refractivity contribution in [1.29, 1.82) is 0 Å². The minimum absolute atomic E-state index is 0.108. The molecule has 0 saturated carbocycles. The first kappa shape index (κ1) is 31.7. The summed E-state index contributed by atoms with van der Waals surface area (Å²) >= 11 is 0. The average Bonchev–Trinajstić information content (AvgIpc) is 2.72. The Morgan fingerprint density at radius 2 is 0.794 bits per heavy atom. The SMILES string of the molecule is CCOP(=O)(Cc1c(C)c(P(=O)(OCC)OCC)c(C)c(P(=O)(OCC)OCC)c1C)OCC. The Labute approximate surface area is 204 Å². The van der Waals surface area contributed by atoms with Crippen molar-refractivity contribution in [2.75, 3.05) is 39.6 Å². The average molecular weight is 542 g/mol. The third kappa shape index (κ3) is 7.12. The van der Waals surface area contributed by atoms with Crippen LogP contribution in [0.5, 0.6) is 0 Å². The predicted octanol–water partition coefficient (Wildman–Crippen LogP) is 6.16. The fraction of sp³-hybridized carbons (Fsp3) is 0.727. The fourth-order valence-electron chi connectivity index (χ4n) is 4.03. The van der Waals surface area contributed by atoms with Gasteiger partial charge in [0.05, 0.1) is 56.4 Å². The number of hydrogen-bond acceptors (Lipinski definition) is 9. The Morgan fingerprint density at radius 3 is 1.06 bits per heavy atom. The van der Waals surface area contributed by atoms with Gasteiger partial charge >= 0.3 is 22.8 Å². The molecule has 0 spiro atoms. The lowest BCUT2D eigenvalue weighted by Gasteiger charge is -2.30. The zero-order valence-electron chi connectivity index (χ0n) is 22.0. The van der Waals surface area contributed by atoms with Crippen molar-refractivity contribution in [3.05, 3.63) is 22.3 Å². The molecule has 34 heavy (non-hydrogen) atoms. The lowest BCUT2D eigenvalue weighted by Crippen LogP contribution is -2.30. The van der Waals surface area contributed by atoms with Crippen molar-refractivity contribution in [2.45, 2.75) is 68.5 Å². The van der Waals surface area contributed by atoms with Crippen molar-refractivity contribution < 1.29 is 40.8 Å². The van der Waals surface area contributed by atoms with Crippen LogP contribution in [-0.4, -0.2) is 39.6 Å². The molecule has 1 rings (SSSR count). The number of hydrogen-bond donors (Lipinski definition) is 0. The Kier molecular flexibility index (Phi) is 12.9. The van der Waals surface area contributed by atoms with Crippen LogP contribution < -0.4 is 10.6 Å². The maximum atomic E-state index is 14.0. The van der Waals surface area contributed by atoms with E-state index in [1.807, 2.05) is 0 Å². The predicted molar refractivity (Wildman–Crippen MR) is 136 cm³/mol. The molecule has 0 aliphatic rings. The monoisotopic (exact) mass is 542 g/mol. The molecule has 0 N–H and O–H groups in total. The van der Waals surface area contributed by atoms with Gasteiger partial charge in [-0.15, -0.1) is 0 Å². The lowest BCUT2D eigenvalue weighted by molar-refractivity contribution is 0.218. The zero-order valence-corrected chi connectivity index (χ0v) is 24.6. The molecule has 198 valence electrons. The normalized spacial score (nSPS) is 13.0. The lowest BCUT2D eigenvalue weighted by atomic mass is 10.0. The van der Waals surface area contributed by atoms with Crippen molar-refractivity contribution >= 4 is 33.4 Å². The highest BCUT2D eigenvalue weighted by Crippen LogP contribution is 2.56. The van der Waals surface area contributed by atoms with Gasteiger partial charge in [0, 0.05) is 0 Å². The first-order valence-electron chi connectivity index (χ1n) is 11.7. The molecular weight excluding hydrogens is 501 g/mol. The van der Waals surface area contributed by atoms with Crippen molar-refractivity contribution in [3.63, 3.8) is 0 Å². The minimum Gasteiger partial charge on any atom is -0.309 e. The van der Waals surface area contributed by atoms with Gasteiger partial charge in [-0.25, -0.2) is 0 Å². The first-order chi connectivity index (χ1) is 15.9. The van der Waals surface area contributed by atoms with Gasteiger partial charge in [0.2, 0.25) is 0 Å². The van der Waals surface area contributed by atoms with E-state index in [2.05, 4.69) is 0 Å².